The molecule has 5 aromatic rings. The molecule has 0 saturated carbocycles. The van der Waals surface area contributed by atoms with Gasteiger partial charge in [0.1, 0.15) is 5.75 Å². The molecule has 6 rings (SSSR count). The predicted octanol–water partition coefficient (Wildman–Crippen LogP) is 5.49. The molecule has 1 aliphatic rings. The van der Waals surface area contributed by atoms with Gasteiger partial charge in [0.2, 0.25) is 5.91 Å². The summed E-state index contributed by atoms with van der Waals surface area (Å²) in [5.74, 6) is -0.110. The van der Waals surface area contributed by atoms with Crippen LogP contribution < -0.4 is 11.1 Å². The third-order valence-electron chi connectivity index (χ3n) is 7.85. The standard InChI is InChI=1S/C33H29ClN4O4/c1-4-30(40)36-16-20(17-36)18-37-28-15-26(34)25(24-13-22(39)12-21-8-5-6-9-23(21)24)14-29(28)38(33(42)32(37)41)27-10-7-11-35-31(27)19(2)3/h4-15,19-20,39H,1,16-18H2,2-3H3. The molecular formula is C33H29ClN4O4. The Hall–Kier alpha value is -4.69. The van der Waals surface area contributed by atoms with E-state index >= 15 is 0 Å². The van der Waals surface area contributed by atoms with Crippen LogP contribution in [0.15, 0.2) is 89.1 Å². The molecule has 3 heterocycles. The summed E-state index contributed by atoms with van der Waals surface area (Å²) >= 11 is 6.94. The minimum absolute atomic E-state index is 0.0110. The number of halogens is 1. The van der Waals surface area contributed by atoms with Crippen LogP contribution in [0.5, 0.6) is 5.75 Å². The molecule has 9 heteroatoms. The SMILES string of the molecule is C=CC(=O)N1CC(Cn2c(=O)c(=O)n(-c3cccnc3C(C)C)c3cc(-c4cc(O)cc5ccccc45)c(Cl)cc32)C1. The summed E-state index contributed by atoms with van der Waals surface area (Å²) < 4.78 is 2.89. The lowest BCUT2D eigenvalue weighted by atomic mass is 9.96. The van der Waals surface area contributed by atoms with Crippen LogP contribution >= 0.6 is 11.6 Å². The van der Waals surface area contributed by atoms with Gasteiger partial charge in [0.15, 0.2) is 0 Å². The molecule has 0 bridgehead atoms. The second-order valence-electron chi connectivity index (χ2n) is 11.0. The number of nitrogens with zero attached hydrogens (tertiary/aromatic N) is 4. The molecule has 1 fully saturated rings. The summed E-state index contributed by atoms with van der Waals surface area (Å²) in [6.07, 6.45) is 2.94. The molecular weight excluding hydrogens is 552 g/mol. The van der Waals surface area contributed by atoms with E-state index in [1.807, 2.05) is 44.2 Å². The quantitative estimate of drug-likeness (QED) is 0.211. The Labute approximate surface area is 246 Å². The first-order valence-electron chi connectivity index (χ1n) is 13.8. The van der Waals surface area contributed by atoms with Crippen molar-refractivity contribution in [3.05, 3.63) is 111 Å². The number of hydrogen-bond acceptors (Lipinski definition) is 5. The fourth-order valence-electron chi connectivity index (χ4n) is 5.82. The second kappa shape index (κ2) is 10.6. The van der Waals surface area contributed by atoms with Crippen LogP contribution in [0.1, 0.15) is 25.5 Å². The average molecular weight is 581 g/mol. The maximum atomic E-state index is 13.9. The average Bonchev–Trinajstić information content (AvgIpc) is 2.96. The zero-order chi connectivity index (χ0) is 29.7. The van der Waals surface area contributed by atoms with Gasteiger partial charge in [-0.1, -0.05) is 56.3 Å². The van der Waals surface area contributed by atoms with Gasteiger partial charge in [-0.3, -0.25) is 23.9 Å². The van der Waals surface area contributed by atoms with Crippen molar-refractivity contribution in [1.82, 2.24) is 19.0 Å². The highest BCUT2D eigenvalue weighted by Gasteiger charge is 2.31. The number of pyridine rings is 1. The largest absolute Gasteiger partial charge is 0.508 e. The number of phenols is 1. The fourth-order valence-corrected chi connectivity index (χ4v) is 6.08. The molecule has 0 radical (unpaired) electrons. The van der Waals surface area contributed by atoms with E-state index in [1.165, 1.54) is 15.2 Å². The number of carbonyl (C=O) groups excluding carboxylic acids is 1. The molecule has 0 aliphatic carbocycles. The molecule has 1 aliphatic heterocycles. The van der Waals surface area contributed by atoms with Gasteiger partial charge in [-0.15, -0.1) is 0 Å². The predicted molar refractivity (Wildman–Crippen MR) is 166 cm³/mol. The number of rotatable bonds is 6. The van der Waals surface area contributed by atoms with Gasteiger partial charge in [0.25, 0.3) is 0 Å². The fraction of sp³-hybridized carbons (Fsp3) is 0.212. The van der Waals surface area contributed by atoms with Crippen LogP contribution in [0.2, 0.25) is 5.02 Å². The van der Waals surface area contributed by atoms with E-state index in [2.05, 4.69) is 11.6 Å². The Bertz CT molecular complexity index is 2020. The molecule has 42 heavy (non-hydrogen) atoms. The molecule has 212 valence electrons. The van der Waals surface area contributed by atoms with Crippen molar-refractivity contribution in [1.29, 1.82) is 0 Å². The van der Waals surface area contributed by atoms with E-state index in [4.69, 9.17) is 11.6 Å². The summed E-state index contributed by atoms with van der Waals surface area (Å²) in [5.41, 5.74) is 2.09. The van der Waals surface area contributed by atoms with Gasteiger partial charge in [0, 0.05) is 37.3 Å². The topological polar surface area (TPSA) is 97.4 Å². The van der Waals surface area contributed by atoms with Crippen molar-refractivity contribution in [3.8, 4) is 22.6 Å². The first-order valence-corrected chi connectivity index (χ1v) is 14.1. The van der Waals surface area contributed by atoms with Crippen LogP contribution in [-0.2, 0) is 11.3 Å². The number of likely N-dealkylation sites (tertiary alicyclic amines) is 1. The molecule has 2 aromatic heterocycles. The van der Waals surface area contributed by atoms with Crippen LogP contribution in [0.25, 0.3) is 38.6 Å². The molecule has 1 saturated heterocycles. The third kappa shape index (κ3) is 4.58. The summed E-state index contributed by atoms with van der Waals surface area (Å²) in [6, 6.07) is 18.0. The highest BCUT2D eigenvalue weighted by Crippen LogP contribution is 2.39. The number of hydrogen-bond donors (Lipinski definition) is 1. The van der Waals surface area contributed by atoms with Crippen LogP contribution in [0.4, 0.5) is 0 Å². The monoisotopic (exact) mass is 580 g/mol. The number of amides is 1. The van der Waals surface area contributed by atoms with Gasteiger partial charge >= 0.3 is 11.1 Å². The van der Waals surface area contributed by atoms with Crippen LogP contribution in [0.3, 0.4) is 0 Å². The van der Waals surface area contributed by atoms with Gasteiger partial charge in [-0.25, -0.2) is 0 Å². The van der Waals surface area contributed by atoms with Crippen molar-refractivity contribution in [2.75, 3.05) is 13.1 Å². The third-order valence-corrected chi connectivity index (χ3v) is 8.16. The number of fused-ring (bicyclic) bond motifs is 2. The van der Waals surface area contributed by atoms with Crippen molar-refractivity contribution in [3.63, 3.8) is 0 Å². The summed E-state index contributed by atoms with van der Waals surface area (Å²) in [6.45, 7) is 8.67. The Kier molecular flexibility index (Phi) is 6.94. The molecule has 0 spiro atoms. The summed E-state index contributed by atoms with van der Waals surface area (Å²) in [5, 5.41) is 12.6. The number of aromatic nitrogens is 3. The van der Waals surface area contributed by atoms with E-state index in [-0.39, 0.29) is 30.0 Å². The smallest absolute Gasteiger partial charge is 0.321 e. The van der Waals surface area contributed by atoms with Crippen LogP contribution in [0, 0.1) is 5.92 Å². The van der Waals surface area contributed by atoms with Crippen molar-refractivity contribution >= 4 is 39.3 Å². The normalized spacial score (nSPS) is 13.6. The first-order chi connectivity index (χ1) is 20.2. The number of aromatic hydroxyl groups is 1. The second-order valence-corrected chi connectivity index (χ2v) is 11.4. The zero-order valence-corrected chi connectivity index (χ0v) is 24.0. The molecule has 1 amide bonds. The lowest BCUT2D eigenvalue weighted by Gasteiger charge is -2.39. The highest BCUT2D eigenvalue weighted by molar-refractivity contribution is 6.34. The van der Waals surface area contributed by atoms with Crippen molar-refractivity contribution in [2.45, 2.75) is 26.3 Å². The lowest BCUT2D eigenvalue weighted by Crippen LogP contribution is -2.52. The Morgan fingerprint density at radius 1 is 1.05 bits per heavy atom. The number of carbonyl (C=O) groups is 1. The minimum atomic E-state index is -0.704. The minimum Gasteiger partial charge on any atom is -0.508 e. The van der Waals surface area contributed by atoms with Crippen molar-refractivity contribution < 1.29 is 9.90 Å². The lowest BCUT2D eigenvalue weighted by molar-refractivity contribution is -0.132. The van der Waals surface area contributed by atoms with Gasteiger partial charge in [-0.05, 0) is 64.7 Å². The molecule has 3 aromatic carbocycles. The van der Waals surface area contributed by atoms with E-state index in [9.17, 15) is 19.5 Å². The van der Waals surface area contributed by atoms with E-state index in [0.29, 0.717) is 51.7 Å². The Balaban J connectivity index is 1.64. The Morgan fingerprint density at radius 2 is 1.81 bits per heavy atom. The zero-order valence-electron chi connectivity index (χ0n) is 23.3. The maximum Gasteiger partial charge on any atom is 0.321 e. The summed E-state index contributed by atoms with van der Waals surface area (Å²) in [4.78, 5) is 45.8. The van der Waals surface area contributed by atoms with Crippen LogP contribution in [-0.4, -0.2) is 43.1 Å². The molecule has 1 N–H and O–H groups in total. The molecule has 0 unspecified atom stereocenters. The van der Waals surface area contributed by atoms with E-state index in [1.54, 1.807) is 41.4 Å². The van der Waals surface area contributed by atoms with E-state index < -0.39 is 11.1 Å². The maximum absolute atomic E-state index is 13.9. The Morgan fingerprint density at radius 3 is 2.55 bits per heavy atom. The number of benzene rings is 3. The molecule has 8 nitrogen and oxygen atoms in total. The van der Waals surface area contributed by atoms with Gasteiger partial charge in [0.05, 0.1) is 27.4 Å². The number of phenolic OH excluding ortho intramolecular Hbond substituents is 1. The van der Waals surface area contributed by atoms with Gasteiger partial charge in [-0.2, -0.15) is 0 Å². The van der Waals surface area contributed by atoms with E-state index in [0.717, 1.165) is 10.8 Å². The van der Waals surface area contributed by atoms with Gasteiger partial charge < -0.3 is 14.6 Å². The summed E-state index contributed by atoms with van der Waals surface area (Å²) in [7, 11) is 0. The highest BCUT2D eigenvalue weighted by atomic mass is 35.5. The van der Waals surface area contributed by atoms with Crippen molar-refractivity contribution in [2.24, 2.45) is 5.92 Å². The first kappa shape index (κ1) is 27.5. The molecule has 0 atom stereocenters.